The van der Waals surface area contributed by atoms with E-state index in [0.717, 1.165) is 56.5 Å². The molecule has 1 saturated heterocycles. The van der Waals surface area contributed by atoms with E-state index in [0.29, 0.717) is 0 Å². The largest absolute Gasteiger partial charge is 0.307 e. The molecule has 2 aliphatic rings. The highest BCUT2D eigenvalue weighted by molar-refractivity contribution is 7.09. The van der Waals surface area contributed by atoms with E-state index in [4.69, 9.17) is 9.97 Å². The van der Waals surface area contributed by atoms with Crippen molar-refractivity contribution in [2.45, 2.75) is 51.1 Å². The van der Waals surface area contributed by atoms with E-state index in [1.807, 2.05) is 17.4 Å². The number of pyridine rings is 1. The number of fused-ring (bicyclic) bond motifs is 1. The Hall–Kier alpha value is -1.76. The van der Waals surface area contributed by atoms with Gasteiger partial charge in [-0.15, -0.1) is 11.3 Å². The van der Waals surface area contributed by atoms with Crippen LogP contribution in [0.3, 0.4) is 0 Å². The summed E-state index contributed by atoms with van der Waals surface area (Å²) in [6, 6.07) is 6.16. The molecule has 5 nitrogen and oxygen atoms in total. The fraction of sp³-hybridized carbons (Fsp3) is 0.545. The smallest absolute Gasteiger partial charge is 0.137 e. The van der Waals surface area contributed by atoms with Crippen LogP contribution in [-0.4, -0.2) is 50.3 Å². The van der Waals surface area contributed by atoms with Crippen LogP contribution in [0.15, 0.2) is 36.0 Å². The second-order valence-electron chi connectivity index (χ2n) is 8.26. The number of nitrogens with zero attached hydrogens (tertiary/aromatic N) is 5. The number of hydrogen-bond acceptors (Lipinski definition) is 5. The Bertz CT molecular complexity index is 869. The first-order valence-electron chi connectivity index (χ1n) is 10.6. The molecule has 0 spiro atoms. The lowest BCUT2D eigenvalue weighted by atomic mass is 9.90. The van der Waals surface area contributed by atoms with Crippen molar-refractivity contribution in [2.75, 3.05) is 26.2 Å². The normalized spacial score (nSPS) is 20.1. The number of piperazine rings is 1. The minimum Gasteiger partial charge on any atom is -0.307 e. The molecule has 0 radical (unpaired) electrons. The molecule has 148 valence electrons. The van der Waals surface area contributed by atoms with E-state index in [9.17, 15) is 0 Å². The number of aromatic nitrogens is 3. The molecule has 0 aromatic carbocycles. The van der Waals surface area contributed by atoms with E-state index in [2.05, 4.69) is 44.1 Å². The van der Waals surface area contributed by atoms with Crippen LogP contribution in [0.2, 0.25) is 0 Å². The Labute approximate surface area is 171 Å². The molecule has 0 bridgehead atoms. The molecule has 0 atom stereocenters. The minimum absolute atomic E-state index is 0.731. The van der Waals surface area contributed by atoms with Crippen molar-refractivity contribution in [3.63, 3.8) is 0 Å². The Morgan fingerprint density at radius 3 is 2.39 bits per heavy atom. The van der Waals surface area contributed by atoms with Crippen LogP contribution in [0.4, 0.5) is 0 Å². The molecular formula is C22H29N5S. The zero-order valence-corrected chi connectivity index (χ0v) is 17.3. The van der Waals surface area contributed by atoms with Crippen LogP contribution in [0.1, 0.15) is 54.4 Å². The fourth-order valence-corrected chi connectivity index (χ4v) is 5.54. The first kappa shape index (κ1) is 18.3. The third-order valence-corrected chi connectivity index (χ3v) is 7.23. The van der Waals surface area contributed by atoms with Crippen molar-refractivity contribution in [3.05, 3.63) is 52.4 Å². The lowest BCUT2D eigenvalue weighted by molar-refractivity contribution is 0.120. The van der Waals surface area contributed by atoms with Gasteiger partial charge in [-0.25, -0.2) is 9.97 Å². The molecule has 1 aliphatic heterocycles. The van der Waals surface area contributed by atoms with Crippen LogP contribution in [0.5, 0.6) is 0 Å². The standard InChI is InChI=1S/C22H29N5S/c1-2-6-18(7-3-1)22-24-20(17-28-22)15-26-12-10-25(11-13-26)14-19-16-27-9-5-4-8-21(27)23-19/h4-5,8-9,16-18H,1-3,6-7,10-15H2. The highest BCUT2D eigenvalue weighted by Gasteiger charge is 2.21. The van der Waals surface area contributed by atoms with Gasteiger partial charge in [-0.1, -0.05) is 25.3 Å². The Balaban J connectivity index is 1.12. The minimum atomic E-state index is 0.731. The molecule has 1 saturated carbocycles. The van der Waals surface area contributed by atoms with Crippen molar-refractivity contribution >= 4 is 17.0 Å². The average molecular weight is 396 g/mol. The van der Waals surface area contributed by atoms with Crippen molar-refractivity contribution in [3.8, 4) is 0 Å². The number of imidazole rings is 1. The van der Waals surface area contributed by atoms with Crippen molar-refractivity contribution < 1.29 is 0 Å². The van der Waals surface area contributed by atoms with Crippen LogP contribution in [0.25, 0.3) is 5.65 Å². The number of hydrogen-bond donors (Lipinski definition) is 0. The number of rotatable bonds is 5. The Morgan fingerprint density at radius 2 is 1.64 bits per heavy atom. The van der Waals surface area contributed by atoms with Gasteiger partial charge in [-0.05, 0) is 25.0 Å². The summed E-state index contributed by atoms with van der Waals surface area (Å²) in [5.74, 6) is 0.731. The van der Waals surface area contributed by atoms with E-state index < -0.39 is 0 Å². The molecule has 28 heavy (non-hydrogen) atoms. The van der Waals surface area contributed by atoms with Gasteiger partial charge in [0.05, 0.1) is 16.4 Å². The predicted molar refractivity (Wildman–Crippen MR) is 114 cm³/mol. The summed E-state index contributed by atoms with van der Waals surface area (Å²) in [6.45, 7) is 6.39. The molecule has 5 rings (SSSR count). The molecule has 3 aromatic heterocycles. The third kappa shape index (κ3) is 4.14. The van der Waals surface area contributed by atoms with Crippen molar-refractivity contribution in [1.29, 1.82) is 0 Å². The molecule has 1 aliphatic carbocycles. The molecule has 0 unspecified atom stereocenters. The summed E-state index contributed by atoms with van der Waals surface area (Å²) in [4.78, 5) is 14.8. The average Bonchev–Trinajstić information content (AvgIpc) is 3.36. The van der Waals surface area contributed by atoms with E-state index >= 15 is 0 Å². The van der Waals surface area contributed by atoms with Crippen LogP contribution >= 0.6 is 11.3 Å². The van der Waals surface area contributed by atoms with E-state index in [1.54, 1.807) is 0 Å². The lowest BCUT2D eigenvalue weighted by Crippen LogP contribution is -2.45. The van der Waals surface area contributed by atoms with Gasteiger partial charge in [0.25, 0.3) is 0 Å². The van der Waals surface area contributed by atoms with Gasteiger partial charge >= 0.3 is 0 Å². The summed E-state index contributed by atoms with van der Waals surface area (Å²) in [5, 5.41) is 3.69. The molecule has 0 amide bonds. The molecule has 3 aromatic rings. The van der Waals surface area contributed by atoms with Gasteiger partial charge in [-0.2, -0.15) is 0 Å². The van der Waals surface area contributed by atoms with Crippen molar-refractivity contribution in [1.82, 2.24) is 24.2 Å². The quantitative estimate of drug-likeness (QED) is 0.650. The summed E-state index contributed by atoms with van der Waals surface area (Å²) in [5.41, 5.74) is 3.48. The van der Waals surface area contributed by atoms with Gasteiger partial charge in [0.2, 0.25) is 0 Å². The summed E-state index contributed by atoms with van der Waals surface area (Å²) in [6.07, 6.45) is 11.1. The maximum Gasteiger partial charge on any atom is 0.137 e. The van der Waals surface area contributed by atoms with E-state index in [1.165, 1.54) is 42.8 Å². The summed E-state index contributed by atoms with van der Waals surface area (Å²) in [7, 11) is 0. The second kappa shape index (κ2) is 8.31. The highest BCUT2D eigenvalue weighted by atomic mass is 32.1. The van der Waals surface area contributed by atoms with Gasteiger partial charge in [0.1, 0.15) is 5.65 Å². The number of thiazole rings is 1. The first-order chi connectivity index (χ1) is 13.8. The second-order valence-corrected chi connectivity index (χ2v) is 9.15. The van der Waals surface area contributed by atoms with Gasteiger partial charge in [-0.3, -0.25) is 9.80 Å². The Morgan fingerprint density at radius 1 is 0.893 bits per heavy atom. The zero-order valence-electron chi connectivity index (χ0n) is 16.5. The van der Waals surface area contributed by atoms with Gasteiger partial charge in [0.15, 0.2) is 0 Å². The Kier molecular flexibility index (Phi) is 5.43. The summed E-state index contributed by atoms with van der Waals surface area (Å²) >= 11 is 1.89. The first-order valence-corrected chi connectivity index (χ1v) is 11.5. The lowest BCUT2D eigenvalue weighted by Gasteiger charge is -2.33. The molecule has 6 heteroatoms. The molecule has 0 N–H and O–H groups in total. The van der Waals surface area contributed by atoms with Crippen LogP contribution < -0.4 is 0 Å². The van der Waals surface area contributed by atoms with Crippen LogP contribution in [0, 0.1) is 0 Å². The topological polar surface area (TPSA) is 36.7 Å². The van der Waals surface area contributed by atoms with Crippen LogP contribution in [-0.2, 0) is 13.1 Å². The van der Waals surface area contributed by atoms with Crippen molar-refractivity contribution in [2.24, 2.45) is 0 Å². The molecule has 2 fully saturated rings. The molecule has 4 heterocycles. The highest BCUT2D eigenvalue weighted by Crippen LogP contribution is 2.34. The van der Waals surface area contributed by atoms with E-state index in [-0.39, 0.29) is 0 Å². The zero-order chi connectivity index (χ0) is 18.8. The van der Waals surface area contributed by atoms with Gasteiger partial charge in [0, 0.05) is 63.0 Å². The van der Waals surface area contributed by atoms with Gasteiger partial charge < -0.3 is 4.40 Å². The monoisotopic (exact) mass is 395 g/mol. The fourth-order valence-electron chi connectivity index (χ4n) is 4.56. The maximum atomic E-state index is 4.99. The maximum absolute atomic E-state index is 4.99. The summed E-state index contributed by atoms with van der Waals surface area (Å²) < 4.78 is 2.11. The third-order valence-electron chi connectivity index (χ3n) is 6.17. The predicted octanol–water partition coefficient (Wildman–Crippen LogP) is 4.16. The molecular weight excluding hydrogens is 366 g/mol. The SMILES string of the molecule is c1ccn2cc(CN3CCN(Cc4csc(C5CCCCC5)n4)CC3)nc2c1.